The van der Waals surface area contributed by atoms with Gasteiger partial charge in [0, 0.05) is 44.1 Å². The summed E-state index contributed by atoms with van der Waals surface area (Å²) in [7, 11) is 1.65. The molecule has 3 amide bonds. The van der Waals surface area contributed by atoms with Gasteiger partial charge in [-0.15, -0.1) is 0 Å². The molecule has 0 saturated carbocycles. The molecule has 2 atom stereocenters. The van der Waals surface area contributed by atoms with Gasteiger partial charge < -0.3 is 14.5 Å². The van der Waals surface area contributed by atoms with Crippen molar-refractivity contribution in [1.29, 1.82) is 0 Å². The predicted molar refractivity (Wildman–Crippen MR) is 120 cm³/mol. The van der Waals surface area contributed by atoms with E-state index >= 15 is 0 Å². The first-order valence-corrected chi connectivity index (χ1v) is 11.3. The van der Waals surface area contributed by atoms with Crippen LogP contribution >= 0.6 is 11.6 Å². The van der Waals surface area contributed by atoms with Crippen molar-refractivity contribution >= 4 is 35.3 Å². The van der Waals surface area contributed by atoms with Gasteiger partial charge in [0.25, 0.3) is 11.9 Å². The highest BCUT2D eigenvalue weighted by Gasteiger charge is 2.52. The molecule has 170 valence electrons. The molecule has 8 nitrogen and oxygen atoms in total. The number of imide groups is 1. The first kappa shape index (κ1) is 22.3. The first-order chi connectivity index (χ1) is 15.4. The van der Waals surface area contributed by atoms with E-state index in [2.05, 4.69) is 4.99 Å². The third-order valence-corrected chi connectivity index (χ3v) is 6.20. The Balaban J connectivity index is 1.66. The molecule has 0 spiro atoms. The van der Waals surface area contributed by atoms with Gasteiger partial charge in [-0.3, -0.25) is 14.5 Å². The molecule has 2 heterocycles. The third kappa shape index (κ3) is 4.37. The number of likely N-dealkylation sites (N-methyl/N-ethyl adjacent to an activating group) is 1. The number of amidine groups is 1. The number of carbonyl (C=O) groups is 3. The van der Waals surface area contributed by atoms with Crippen LogP contribution in [0.3, 0.4) is 0 Å². The number of hydrogen-bond donors (Lipinski definition) is 0. The van der Waals surface area contributed by atoms with Crippen LogP contribution < -0.4 is 0 Å². The normalized spacial score (nSPS) is 23.3. The zero-order valence-corrected chi connectivity index (χ0v) is 19.0. The lowest BCUT2D eigenvalue weighted by atomic mass is 10.1. The summed E-state index contributed by atoms with van der Waals surface area (Å²) in [5.74, 6) is 0.265. The minimum absolute atomic E-state index is 0.0145. The minimum Gasteiger partial charge on any atom is -0.430 e. The van der Waals surface area contributed by atoms with Gasteiger partial charge in [-0.05, 0) is 30.5 Å². The van der Waals surface area contributed by atoms with Crippen LogP contribution in [-0.4, -0.2) is 64.2 Å². The standard InChI is InChI=1S/C23H27ClN4O4/c1-3-4-12-27-21(30)19-20(26(2)23(27)31)25-22(32-18-7-5-6-17(29)13-18)28(19)14-15-8-10-16(24)11-9-15/h8-11,13,19-20H,3-7,12,14H2,1-2H3. The molecule has 1 aliphatic carbocycles. The maximum atomic E-state index is 13.4. The summed E-state index contributed by atoms with van der Waals surface area (Å²) < 4.78 is 6.05. The topological polar surface area (TPSA) is 82.5 Å². The summed E-state index contributed by atoms with van der Waals surface area (Å²) in [5, 5.41) is 0.619. The quantitative estimate of drug-likeness (QED) is 0.651. The van der Waals surface area contributed by atoms with Gasteiger partial charge in [-0.25, -0.2) is 9.79 Å². The maximum absolute atomic E-state index is 13.4. The minimum atomic E-state index is -0.694. The van der Waals surface area contributed by atoms with Crippen LogP contribution in [0.4, 0.5) is 4.79 Å². The summed E-state index contributed by atoms with van der Waals surface area (Å²) in [4.78, 5) is 47.4. The Hall–Kier alpha value is -2.87. The Bertz CT molecular complexity index is 975. The van der Waals surface area contributed by atoms with Crippen molar-refractivity contribution in [3.05, 3.63) is 46.7 Å². The Morgan fingerprint density at radius 3 is 2.59 bits per heavy atom. The molecular weight excluding hydrogens is 432 g/mol. The van der Waals surface area contributed by atoms with Gasteiger partial charge in [0.15, 0.2) is 18.0 Å². The van der Waals surface area contributed by atoms with Gasteiger partial charge in [-0.2, -0.15) is 0 Å². The van der Waals surface area contributed by atoms with E-state index in [1.54, 1.807) is 24.1 Å². The maximum Gasteiger partial charge on any atom is 0.328 e. The number of fused-ring (bicyclic) bond motifs is 1. The molecular formula is C23H27ClN4O4. The summed E-state index contributed by atoms with van der Waals surface area (Å²) >= 11 is 6.03. The summed E-state index contributed by atoms with van der Waals surface area (Å²) in [6.45, 7) is 2.74. The van der Waals surface area contributed by atoms with Crippen molar-refractivity contribution in [3.63, 3.8) is 0 Å². The lowest BCUT2D eigenvalue weighted by Gasteiger charge is -2.41. The number of benzene rings is 1. The zero-order chi connectivity index (χ0) is 22.8. The number of carbonyl (C=O) groups excluding carboxylic acids is 3. The average Bonchev–Trinajstić information content (AvgIpc) is 3.12. The molecule has 3 aliphatic rings. The zero-order valence-electron chi connectivity index (χ0n) is 18.3. The van der Waals surface area contributed by atoms with Crippen LogP contribution in [0.2, 0.25) is 5.02 Å². The van der Waals surface area contributed by atoms with Crippen LogP contribution in [-0.2, 0) is 20.9 Å². The van der Waals surface area contributed by atoms with Gasteiger partial charge in [0.1, 0.15) is 5.76 Å². The lowest BCUT2D eigenvalue weighted by Crippen LogP contribution is -2.65. The third-order valence-electron chi connectivity index (χ3n) is 5.95. The Morgan fingerprint density at radius 1 is 1.16 bits per heavy atom. The van der Waals surface area contributed by atoms with Gasteiger partial charge >= 0.3 is 6.03 Å². The molecule has 1 saturated heterocycles. The lowest BCUT2D eigenvalue weighted by molar-refractivity contribution is -0.138. The van der Waals surface area contributed by atoms with Crippen molar-refractivity contribution in [2.45, 2.75) is 57.8 Å². The number of urea groups is 1. The molecule has 4 rings (SSSR count). The van der Waals surface area contributed by atoms with Crippen LogP contribution in [0, 0.1) is 0 Å². The molecule has 2 unspecified atom stereocenters. The second-order valence-corrected chi connectivity index (χ2v) is 8.73. The van der Waals surface area contributed by atoms with Crippen LogP contribution in [0.1, 0.15) is 44.6 Å². The number of amides is 3. The SMILES string of the molecule is CCCCN1C(=O)C2C(N=C(OC3=CC(=O)CCC3)N2Cc2ccc(Cl)cc2)N(C)C1=O. The van der Waals surface area contributed by atoms with Gasteiger partial charge in [-0.1, -0.05) is 37.1 Å². The second kappa shape index (κ2) is 9.32. The number of halogens is 1. The average molecular weight is 459 g/mol. The van der Waals surface area contributed by atoms with E-state index in [9.17, 15) is 14.4 Å². The molecule has 1 fully saturated rings. The van der Waals surface area contributed by atoms with E-state index in [0.29, 0.717) is 43.1 Å². The first-order valence-electron chi connectivity index (χ1n) is 11.0. The fourth-order valence-corrected chi connectivity index (χ4v) is 4.30. The second-order valence-electron chi connectivity index (χ2n) is 8.29. The number of ketones is 1. The number of hydrogen-bond acceptors (Lipinski definition) is 6. The van der Waals surface area contributed by atoms with E-state index in [1.807, 2.05) is 19.1 Å². The monoisotopic (exact) mass is 458 g/mol. The Morgan fingerprint density at radius 2 is 1.91 bits per heavy atom. The Labute approximate surface area is 192 Å². The molecule has 9 heteroatoms. The largest absolute Gasteiger partial charge is 0.430 e. The summed E-state index contributed by atoms with van der Waals surface area (Å²) in [6.07, 6.45) is 4.26. The number of aliphatic imine (C=N–C) groups is 1. The van der Waals surface area contributed by atoms with Crippen molar-refractivity contribution in [3.8, 4) is 0 Å². The van der Waals surface area contributed by atoms with Crippen molar-refractivity contribution in [2.75, 3.05) is 13.6 Å². The van der Waals surface area contributed by atoms with Gasteiger partial charge in [0.05, 0.1) is 0 Å². The van der Waals surface area contributed by atoms with E-state index in [-0.39, 0.29) is 23.7 Å². The molecule has 0 bridgehead atoms. The van der Waals surface area contributed by atoms with Crippen LogP contribution in [0.5, 0.6) is 0 Å². The number of rotatable bonds is 6. The number of nitrogens with zero attached hydrogens (tertiary/aromatic N) is 4. The molecule has 1 aromatic rings. The molecule has 0 aromatic heterocycles. The van der Waals surface area contributed by atoms with E-state index in [1.165, 1.54) is 15.9 Å². The molecule has 32 heavy (non-hydrogen) atoms. The number of allylic oxidation sites excluding steroid dienone is 2. The summed E-state index contributed by atoms with van der Waals surface area (Å²) in [6, 6.07) is 6.54. The number of unbranched alkanes of at least 4 members (excludes halogenated alkanes) is 1. The fourth-order valence-electron chi connectivity index (χ4n) is 4.17. The van der Waals surface area contributed by atoms with Gasteiger partial charge in [0.2, 0.25) is 0 Å². The highest BCUT2D eigenvalue weighted by Crippen LogP contribution is 2.31. The predicted octanol–water partition coefficient (Wildman–Crippen LogP) is 3.55. The molecule has 2 aliphatic heterocycles. The molecule has 0 N–H and O–H groups in total. The van der Waals surface area contributed by atoms with E-state index in [0.717, 1.165) is 18.4 Å². The highest BCUT2D eigenvalue weighted by atomic mass is 35.5. The van der Waals surface area contributed by atoms with Crippen molar-refractivity contribution < 1.29 is 19.1 Å². The van der Waals surface area contributed by atoms with Crippen LogP contribution in [0.25, 0.3) is 0 Å². The smallest absolute Gasteiger partial charge is 0.328 e. The van der Waals surface area contributed by atoms with E-state index in [4.69, 9.17) is 16.3 Å². The highest BCUT2D eigenvalue weighted by molar-refractivity contribution is 6.30. The molecule has 1 aromatic carbocycles. The summed E-state index contributed by atoms with van der Waals surface area (Å²) in [5.41, 5.74) is 0.924. The van der Waals surface area contributed by atoms with Crippen molar-refractivity contribution in [1.82, 2.24) is 14.7 Å². The van der Waals surface area contributed by atoms with Crippen LogP contribution in [0.15, 0.2) is 41.1 Å². The van der Waals surface area contributed by atoms with Crippen molar-refractivity contribution in [2.24, 2.45) is 4.99 Å². The van der Waals surface area contributed by atoms with E-state index < -0.39 is 12.2 Å². The Kier molecular flexibility index (Phi) is 6.50. The molecule has 0 radical (unpaired) electrons. The fraction of sp³-hybridized carbons (Fsp3) is 0.478. The number of ether oxygens (including phenoxy) is 1.